The van der Waals surface area contributed by atoms with Crippen molar-refractivity contribution in [3.8, 4) is 17.6 Å². The first-order valence-electron chi connectivity index (χ1n) is 9.37. The molecule has 0 aliphatic carbocycles. The summed E-state index contributed by atoms with van der Waals surface area (Å²) in [6.45, 7) is 1.91. The number of amides is 1. The van der Waals surface area contributed by atoms with Crippen LogP contribution in [0, 0.1) is 11.8 Å². The summed E-state index contributed by atoms with van der Waals surface area (Å²) in [6.07, 6.45) is 1.17. The number of sulfone groups is 1. The van der Waals surface area contributed by atoms with Crippen LogP contribution in [-0.4, -0.2) is 52.1 Å². The lowest BCUT2D eigenvalue weighted by Crippen LogP contribution is -2.30. The molecule has 1 unspecified atom stereocenters. The topological polar surface area (TPSA) is 130 Å². The van der Waals surface area contributed by atoms with Gasteiger partial charge in [0.15, 0.2) is 9.84 Å². The maximum absolute atomic E-state index is 12.9. The van der Waals surface area contributed by atoms with Crippen molar-refractivity contribution in [3.05, 3.63) is 59.7 Å². The Labute approximate surface area is 187 Å². The smallest absolute Gasteiger partial charge is 0.233 e. The van der Waals surface area contributed by atoms with Gasteiger partial charge in [0.2, 0.25) is 16.4 Å². The van der Waals surface area contributed by atoms with E-state index in [0.29, 0.717) is 21.9 Å². The van der Waals surface area contributed by atoms with Crippen molar-refractivity contribution < 1.29 is 31.6 Å². The standard InChI is InChI=1S/C21H24N2O7S2/c1-3-4-13-30-19-9-11-20(12-10-19)32(28,29)15-21(23(25)16-24)18-7-5-17(6-8-18)14-22-31(2,26)27/h5-12,16,21-22,25H,13-15H2,1-2H3. The molecule has 0 aromatic heterocycles. The van der Waals surface area contributed by atoms with Gasteiger partial charge in [-0.1, -0.05) is 30.2 Å². The monoisotopic (exact) mass is 480 g/mol. The molecule has 0 aliphatic heterocycles. The van der Waals surface area contributed by atoms with Crippen LogP contribution in [0.25, 0.3) is 0 Å². The number of carbonyl (C=O) groups is 1. The van der Waals surface area contributed by atoms with Gasteiger partial charge in [0.25, 0.3) is 0 Å². The van der Waals surface area contributed by atoms with E-state index in [0.717, 1.165) is 6.26 Å². The van der Waals surface area contributed by atoms with Gasteiger partial charge in [0.05, 0.1) is 22.9 Å². The largest absolute Gasteiger partial charge is 0.481 e. The van der Waals surface area contributed by atoms with Gasteiger partial charge in [-0.05, 0) is 42.3 Å². The molecular formula is C21H24N2O7S2. The highest BCUT2D eigenvalue weighted by molar-refractivity contribution is 7.91. The van der Waals surface area contributed by atoms with Crippen molar-refractivity contribution in [3.63, 3.8) is 0 Å². The van der Waals surface area contributed by atoms with Gasteiger partial charge in [-0.25, -0.2) is 26.6 Å². The molecule has 0 saturated carbocycles. The van der Waals surface area contributed by atoms with Crippen LogP contribution in [0.15, 0.2) is 53.4 Å². The fourth-order valence-corrected chi connectivity index (χ4v) is 4.64. The lowest BCUT2D eigenvalue weighted by atomic mass is 10.1. The van der Waals surface area contributed by atoms with E-state index >= 15 is 0 Å². The highest BCUT2D eigenvalue weighted by atomic mass is 32.2. The molecule has 0 spiro atoms. The molecule has 0 saturated heterocycles. The Hall–Kier alpha value is -2.91. The molecule has 2 rings (SSSR count). The van der Waals surface area contributed by atoms with E-state index in [1.165, 1.54) is 36.4 Å². The Morgan fingerprint density at radius 1 is 1.09 bits per heavy atom. The van der Waals surface area contributed by atoms with Crippen LogP contribution in [0.4, 0.5) is 0 Å². The minimum absolute atomic E-state index is 0.00435. The summed E-state index contributed by atoms with van der Waals surface area (Å²) in [4.78, 5) is 11.2. The molecule has 0 bridgehead atoms. The van der Waals surface area contributed by atoms with E-state index in [2.05, 4.69) is 16.6 Å². The quantitative estimate of drug-likeness (QED) is 0.216. The molecule has 0 heterocycles. The number of hydrogen-bond donors (Lipinski definition) is 2. The van der Waals surface area contributed by atoms with E-state index in [-0.39, 0.29) is 24.5 Å². The molecule has 2 aromatic carbocycles. The average Bonchev–Trinajstić information content (AvgIpc) is 2.76. The van der Waals surface area contributed by atoms with Gasteiger partial charge in [-0.2, -0.15) is 0 Å². The Morgan fingerprint density at radius 2 is 1.72 bits per heavy atom. The maximum atomic E-state index is 12.9. The van der Waals surface area contributed by atoms with Gasteiger partial charge in [-0.3, -0.25) is 10.0 Å². The molecular weight excluding hydrogens is 456 g/mol. The van der Waals surface area contributed by atoms with Crippen LogP contribution < -0.4 is 9.46 Å². The van der Waals surface area contributed by atoms with E-state index < -0.39 is 31.7 Å². The van der Waals surface area contributed by atoms with E-state index in [9.17, 15) is 26.8 Å². The van der Waals surface area contributed by atoms with Crippen molar-refractivity contribution in [2.75, 3.05) is 18.6 Å². The normalized spacial score (nSPS) is 12.3. The van der Waals surface area contributed by atoms with E-state index in [1.54, 1.807) is 19.1 Å². The average molecular weight is 481 g/mol. The second-order valence-corrected chi connectivity index (χ2v) is 10.7. The number of carbonyl (C=O) groups excluding carboxylic acids is 1. The molecule has 172 valence electrons. The second-order valence-electron chi connectivity index (χ2n) is 6.80. The molecule has 11 heteroatoms. The van der Waals surface area contributed by atoms with Crippen LogP contribution in [0.1, 0.15) is 24.1 Å². The van der Waals surface area contributed by atoms with Gasteiger partial charge in [-0.15, -0.1) is 5.92 Å². The van der Waals surface area contributed by atoms with Crippen LogP contribution >= 0.6 is 0 Å². The van der Waals surface area contributed by atoms with Gasteiger partial charge in [0.1, 0.15) is 12.4 Å². The Morgan fingerprint density at radius 3 is 2.25 bits per heavy atom. The molecule has 0 fully saturated rings. The molecule has 32 heavy (non-hydrogen) atoms. The molecule has 2 aromatic rings. The van der Waals surface area contributed by atoms with Crippen molar-refractivity contribution in [1.29, 1.82) is 0 Å². The first kappa shape index (κ1) is 25.4. The summed E-state index contributed by atoms with van der Waals surface area (Å²) >= 11 is 0. The van der Waals surface area contributed by atoms with E-state index in [1.807, 2.05) is 0 Å². The number of nitrogens with zero attached hydrogens (tertiary/aromatic N) is 1. The minimum atomic E-state index is -3.88. The molecule has 0 radical (unpaired) electrons. The molecule has 2 N–H and O–H groups in total. The summed E-state index contributed by atoms with van der Waals surface area (Å²) in [5.41, 5.74) is 0.990. The first-order valence-corrected chi connectivity index (χ1v) is 12.9. The summed E-state index contributed by atoms with van der Waals surface area (Å²) in [5.74, 6) is 5.31. The highest BCUT2D eigenvalue weighted by Gasteiger charge is 2.27. The van der Waals surface area contributed by atoms with Gasteiger partial charge >= 0.3 is 0 Å². The number of sulfonamides is 1. The lowest BCUT2D eigenvalue weighted by molar-refractivity contribution is -0.158. The first-order chi connectivity index (χ1) is 15.1. The third-order valence-electron chi connectivity index (χ3n) is 4.38. The Balaban J connectivity index is 2.20. The van der Waals surface area contributed by atoms with E-state index in [4.69, 9.17) is 4.74 Å². The third kappa shape index (κ3) is 7.65. The number of benzene rings is 2. The molecule has 0 aliphatic rings. The third-order valence-corrected chi connectivity index (χ3v) is 6.79. The van der Waals surface area contributed by atoms with Crippen LogP contribution in [-0.2, 0) is 31.2 Å². The van der Waals surface area contributed by atoms with Crippen LogP contribution in [0.2, 0.25) is 0 Å². The fraction of sp³-hybridized carbons (Fsp3) is 0.286. The zero-order valence-corrected chi connectivity index (χ0v) is 19.2. The summed E-state index contributed by atoms with van der Waals surface area (Å²) in [7, 11) is -7.25. The number of hydroxylamine groups is 2. The van der Waals surface area contributed by atoms with Crippen molar-refractivity contribution in [2.45, 2.75) is 24.4 Å². The summed E-state index contributed by atoms with van der Waals surface area (Å²) in [5, 5.41) is 10.3. The zero-order valence-electron chi connectivity index (χ0n) is 17.6. The van der Waals surface area contributed by atoms with Crippen LogP contribution in [0.5, 0.6) is 5.75 Å². The predicted molar refractivity (Wildman–Crippen MR) is 118 cm³/mol. The van der Waals surface area contributed by atoms with Crippen molar-refractivity contribution in [2.24, 2.45) is 0 Å². The molecule has 1 amide bonds. The SMILES string of the molecule is CC#CCOc1ccc(S(=O)(=O)CC(c2ccc(CNS(C)(=O)=O)cc2)N(O)C=O)cc1. The maximum Gasteiger partial charge on any atom is 0.233 e. The minimum Gasteiger partial charge on any atom is -0.481 e. The number of ether oxygens (including phenoxy) is 1. The van der Waals surface area contributed by atoms with Crippen molar-refractivity contribution in [1.82, 2.24) is 9.79 Å². The summed E-state index contributed by atoms with van der Waals surface area (Å²) < 4.78 is 55.9. The Bertz CT molecular complexity index is 1180. The van der Waals surface area contributed by atoms with Crippen LogP contribution in [0.3, 0.4) is 0 Å². The van der Waals surface area contributed by atoms with Gasteiger partial charge < -0.3 is 4.74 Å². The second kappa shape index (κ2) is 11.1. The number of nitrogens with one attached hydrogen (secondary N) is 1. The predicted octanol–water partition coefficient (Wildman–Crippen LogP) is 1.50. The number of rotatable bonds is 11. The van der Waals surface area contributed by atoms with Gasteiger partial charge in [0, 0.05) is 6.54 Å². The highest BCUT2D eigenvalue weighted by Crippen LogP contribution is 2.25. The fourth-order valence-electron chi connectivity index (χ4n) is 2.71. The number of hydrogen-bond acceptors (Lipinski definition) is 7. The molecule has 9 nitrogen and oxygen atoms in total. The molecule has 1 atom stereocenters. The lowest BCUT2D eigenvalue weighted by Gasteiger charge is -2.23. The Kier molecular flexibility index (Phi) is 8.80. The summed E-state index contributed by atoms with van der Waals surface area (Å²) in [6, 6.07) is 10.8. The van der Waals surface area contributed by atoms with Crippen molar-refractivity contribution >= 4 is 26.3 Å². The zero-order chi connectivity index (χ0) is 23.8.